The Kier molecular flexibility index (Phi) is 7.03. The highest BCUT2D eigenvalue weighted by Gasteiger charge is 2.39. The zero-order valence-electron chi connectivity index (χ0n) is 16.1. The summed E-state index contributed by atoms with van der Waals surface area (Å²) in [6, 6.07) is 8.77. The number of ether oxygens (including phenoxy) is 1. The molecule has 1 aromatic rings. The summed E-state index contributed by atoms with van der Waals surface area (Å²) < 4.78 is 5.21. The first kappa shape index (κ1) is 20.3. The fourth-order valence-electron chi connectivity index (χ4n) is 3.99. The maximum Gasteiger partial charge on any atom is 0.306 e. The number of carbonyl (C=O) groups is 3. The second kappa shape index (κ2) is 9.68. The van der Waals surface area contributed by atoms with Crippen LogP contribution in [0.1, 0.15) is 44.1 Å². The molecule has 2 aliphatic heterocycles. The zero-order valence-corrected chi connectivity index (χ0v) is 16.1. The number of nitrogens with zero attached hydrogens (tertiary/aromatic N) is 2. The van der Waals surface area contributed by atoms with E-state index in [0.29, 0.717) is 19.5 Å². The fourth-order valence-corrected chi connectivity index (χ4v) is 3.99. The maximum absolute atomic E-state index is 12.9. The largest absolute Gasteiger partial charge is 0.461 e. The minimum absolute atomic E-state index is 0.00601. The van der Waals surface area contributed by atoms with Gasteiger partial charge in [0.05, 0.1) is 19.1 Å². The van der Waals surface area contributed by atoms with Crippen LogP contribution in [0.5, 0.6) is 0 Å². The van der Waals surface area contributed by atoms with E-state index >= 15 is 0 Å². The van der Waals surface area contributed by atoms with Crippen LogP contribution in [-0.2, 0) is 25.7 Å². The Morgan fingerprint density at radius 1 is 1.00 bits per heavy atom. The fraction of sp³-hybridized carbons (Fsp3) is 0.571. The Hall–Kier alpha value is -2.41. The second-order valence-corrected chi connectivity index (χ2v) is 7.40. The van der Waals surface area contributed by atoms with Gasteiger partial charge in [-0.2, -0.15) is 0 Å². The number of likely N-dealkylation sites (tertiary alicyclic amines) is 2. The van der Waals surface area contributed by atoms with Gasteiger partial charge in [-0.1, -0.05) is 30.3 Å². The second-order valence-electron chi connectivity index (χ2n) is 7.40. The van der Waals surface area contributed by atoms with Gasteiger partial charge in [-0.3, -0.25) is 14.4 Å². The average Bonchev–Trinajstić information content (AvgIpc) is 3.40. The third kappa shape index (κ3) is 4.90. The lowest BCUT2D eigenvalue weighted by molar-refractivity contribution is -0.149. The molecule has 28 heavy (non-hydrogen) atoms. The van der Waals surface area contributed by atoms with Gasteiger partial charge in [-0.25, -0.2) is 0 Å². The summed E-state index contributed by atoms with van der Waals surface area (Å²) in [5.74, 6) is -0.680. The number of hydrogen-bond donors (Lipinski definition) is 1. The van der Waals surface area contributed by atoms with Crippen molar-refractivity contribution in [3.05, 3.63) is 35.9 Å². The molecule has 2 atom stereocenters. The third-order valence-corrected chi connectivity index (χ3v) is 5.51. The predicted octanol–water partition coefficient (Wildman–Crippen LogP) is 1.48. The van der Waals surface area contributed by atoms with Crippen LogP contribution in [0.4, 0.5) is 0 Å². The number of benzene rings is 1. The molecule has 3 rings (SSSR count). The number of esters is 1. The quantitative estimate of drug-likeness (QED) is 0.715. The van der Waals surface area contributed by atoms with Crippen molar-refractivity contribution in [2.24, 2.45) is 0 Å². The van der Waals surface area contributed by atoms with Crippen molar-refractivity contribution in [3.8, 4) is 0 Å². The van der Waals surface area contributed by atoms with Crippen molar-refractivity contribution in [3.63, 3.8) is 0 Å². The number of rotatable bonds is 7. The highest BCUT2D eigenvalue weighted by molar-refractivity contribution is 5.89. The van der Waals surface area contributed by atoms with Gasteiger partial charge in [0.1, 0.15) is 12.6 Å². The molecule has 0 aromatic heterocycles. The predicted molar refractivity (Wildman–Crippen MR) is 102 cm³/mol. The molecule has 7 nitrogen and oxygen atoms in total. The molecule has 0 unspecified atom stereocenters. The molecule has 7 heteroatoms. The first-order chi connectivity index (χ1) is 13.6. The molecule has 0 aliphatic carbocycles. The number of carbonyl (C=O) groups excluding carboxylic acids is 3. The maximum atomic E-state index is 12.9. The van der Waals surface area contributed by atoms with Gasteiger partial charge >= 0.3 is 5.97 Å². The highest BCUT2D eigenvalue weighted by Crippen LogP contribution is 2.25. The summed E-state index contributed by atoms with van der Waals surface area (Å²) in [6.07, 6.45) is 3.14. The number of amides is 2. The van der Waals surface area contributed by atoms with Crippen molar-refractivity contribution >= 4 is 17.8 Å². The molecule has 0 saturated carbocycles. The topological polar surface area (TPSA) is 87.2 Å². The van der Waals surface area contributed by atoms with Crippen LogP contribution in [0, 0.1) is 0 Å². The molecule has 0 bridgehead atoms. The summed E-state index contributed by atoms with van der Waals surface area (Å²) in [7, 11) is 0. The first-order valence-corrected chi connectivity index (χ1v) is 10.0. The van der Waals surface area contributed by atoms with E-state index in [9.17, 15) is 19.5 Å². The van der Waals surface area contributed by atoms with Crippen LogP contribution in [0.25, 0.3) is 0 Å². The van der Waals surface area contributed by atoms with Gasteiger partial charge in [-0.15, -0.1) is 0 Å². The first-order valence-electron chi connectivity index (χ1n) is 10.0. The van der Waals surface area contributed by atoms with Crippen molar-refractivity contribution in [2.75, 3.05) is 19.7 Å². The van der Waals surface area contributed by atoms with Crippen molar-refractivity contribution in [2.45, 2.75) is 57.2 Å². The Bertz CT molecular complexity index is 693. The van der Waals surface area contributed by atoms with E-state index in [4.69, 9.17) is 4.74 Å². The Labute approximate surface area is 165 Å². The average molecular weight is 388 g/mol. The van der Waals surface area contributed by atoms with Gasteiger partial charge in [0.2, 0.25) is 11.8 Å². The van der Waals surface area contributed by atoms with Crippen LogP contribution in [0.15, 0.2) is 30.3 Å². The normalized spacial score (nSPS) is 21.8. The summed E-state index contributed by atoms with van der Waals surface area (Å²) in [5, 5.41) is 9.46. The van der Waals surface area contributed by atoms with E-state index in [-0.39, 0.29) is 43.9 Å². The number of aliphatic hydroxyl groups is 1. The molecule has 0 spiro atoms. The molecule has 1 N–H and O–H groups in total. The van der Waals surface area contributed by atoms with Crippen LogP contribution in [-0.4, -0.2) is 64.5 Å². The van der Waals surface area contributed by atoms with E-state index in [1.807, 2.05) is 30.3 Å². The van der Waals surface area contributed by atoms with Crippen LogP contribution >= 0.6 is 0 Å². The molecule has 2 fully saturated rings. The van der Waals surface area contributed by atoms with Gasteiger partial charge in [-0.05, 0) is 31.2 Å². The van der Waals surface area contributed by atoms with E-state index in [2.05, 4.69) is 0 Å². The Morgan fingerprint density at radius 3 is 2.46 bits per heavy atom. The smallest absolute Gasteiger partial charge is 0.306 e. The minimum Gasteiger partial charge on any atom is -0.461 e. The summed E-state index contributed by atoms with van der Waals surface area (Å²) in [4.78, 5) is 40.7. The molecule has 152 valence electrons. The molecule has 2 aliphatic rings. The molecular weight excluding hydrogens is 360 g/mol. The monoisotopic (exact) mass is 388 g/mol. The molecular formula is C21H28N2O5. The molecule has 2 amide bonds. The van der Waals surface area contributed by atoms with Gasteiger partial charge < -0.3 is 19.6 Å². The number of hydrogen-bond acceptors (Lipinski definition) is 5. The highest BCUT2D eigenvalue weighted by atomic mass is 16.5. The van der Waals surface area contributed by atoms with Crippen molar-refractivity contribution in [1.29, 1.82) is 0 Å². The summed E-state index contributed by atoms with van der Waals surface area (Å²) in [5.41, 5.74) is 0.899. The summed E-state index contributed by atoms with van der Waals surface area (Å²) in [6.45, 7) is 1.32. The van der Waals surface area contributed by atoms with E-state index in [0.717, 1.165) is 24.8 Å². The third-order valence-electron chi connectivity index (χ3n) is 5.51. The van der Waals surface area contributed by atoms with Gasteiger partial charge in [0.25, 0.3) is 0 Å². The van der Waals surface area contributed by atoms with E-state index in [1.165, 1.54) is 0 Å². The SMILES string of the molecule is O=C(CCC(=O)N1CCC[C@H]1C(=O)N1CCC[C@H]1CO)OCc1ccccc1. The van der Waals surface area contributed by atoms with Crippen LogP contribution in [0.2, 0.25) is 0 Å². The van der Waals surface area contributed by atoms with Gasteiger partial charge in [0.15, 0.2) is 0 Å². The van der Waals surface area contributed by atoms with Crippen LogP contribution < -0.4 is 0 Å². The minimum atomic E-state index is -0.472. The van der Waals surface area contributed by atoms with Crippen LogP contribution in [0.3, 0.4) is 0 Å². The van der Waals surface area contributed by atoms with E-state index in [1.54, 1.807) is 9.80 Å². The molecule has 2 saturated heterocycles. The molecule has 1 aromatic carbocycles. The lowest BCUT2D eigenvalue weighted by Gasteiger charge is -2.30. The number of aliphatic hydroxyl groups excluding tert-OH is 1. The molecule has 2 heterocycles. The lowest BCUT2D eigenvalue weighted by atomic mass is 10.1. The van der Waals surface area contributed by atoms with Crippen molar-refractivity contribution in [1.82, 2.24) is 9.80 Å². The Balaban J connectivity index is 1.47. The zero-order chi connectivity index (χ0) is 19.9. The Morgan fingerprint density at radius 2 is 1.71 bits per heavy atom. The summed E-state index contributed by atoms with van der Waals surface area (Å²) >= 11 is 0. The van der Waals surface area contributed by atoms with E-state index < -0.39 is 12.0 Å². The van der Waals surface area contributed by atoms with Crippen molar-refractivity contribution < 1.29 is 24.2 Å². The lowest BCUT2D eigenvalue weighted by Crippen LogP contribution is -2.50. The molecule has 0 radical (unpaired) electrons. The van der Waals surface area contributed by atoms with Gasteiger partial charge in [0, 0.05) is 19.5 Å². The standard InChI is InChI=1S/C21H28N2O5/c24-14-17-8-4-12-22(17)21(27)18-9-5-13-23(18)19(25)10-11-20(26)28-15-16-6-2-1-3-7-16/h1-3,6-7,17-18,24H,4-5,8-15H2/t17-,18-/m0/s1.